The minimum atomic E-state index is -3.62. The van der Waals surface area contributed by atoms with Crippen LogP contribution in [-0.2, 0) is 20.4 Å². The molecule has 0 unspecified atom stereocenters. The number of likely N-dealkylation sites (tertiary alicyclic amines) is 1. The lowest BCUT2D eigenvalue weighted by molar-refractivity contribution is -0.133. The van der Waals surface area contributed by atoms with E-state index >= 15 is 0 Å². The highest BCUT2D eigenvalue weighted by atomic mass is 32.2. The first-order valence-electron chi connectivity index (χ1n) is 9.67. The fourth-order valence-corrected chi connectivity index (χ4v) is 5.98. The molecule has 0 spiro atoms. The van der Waals surface area contributed by atoms with Gasteiger partial charge in [-0.1, -0.05) is 43.7 Å². The van der Waals surface area contributed by atoms with Crippen molar-refractivity contribution in [2.45, 2.75) is 45.1 Å². The van der Waals surface area contributed by atoms with Crippen LogP contribution < -0.4 is 0 Å². The minimum absolute atomic E-state index is 0.207. The largest absolute Gasteiger partial charge is 0.341 e. The second-order valence-electron chi connectivity index (χ2n) is 8.15. The lowest BCUT2D eigenvalue weighted by Gasteiger charge is -2.36. The van der Waals surface area contributed by atoms with Crippen LogP contribution in [0.3, 0.4) is 0 Å². The van der Waals surface area contributed by atoms with Gasteiger partial charge >= 0.3 is 0 Å². The Labute approximate surface area is 171 Å². The van der Waals surface area contributed by atoms with E-state index < -0.39 is 15.1 Å². The topological polar surface area (TPSA) is 67.3 Å². The van der Waals surface area contributed by atoms with Gasteiger partial charge in [-0.25, -0.2) is 13.4 Å². The van der Waals surface area contributed by atoms with Crippen molar-refractivity contribution in [2.75, 3.05) is 13.1 Å². The molecule has 5 nitrogen and oxygen atoms in total. The predicted octanol–water partition coefficient (Wildman–Crippen LogP) is 3.93. The molecule has 0 radical (unpaired) electrons. The van der Waals surface area contributed by atoms with E-state index in [1.807, 2.05) is 31.2 Å². The van der Waals surface area contributed by atoms with Gasteiger partial charge in [0.15, 0.2) is 9.84 Å². The van der Waals surface area contributed by atoms with Crippen molar-refractivity contribution in [1.29, 1.82) is 0 Å². The molecule has 1 saturated heterocycles. The van der Waals surface area contributed by atoms with Crippen LogP contribution in [0.5, 0.6) is 0 Å². The lowest BCUT2D eigenvalue weighted by Crippen LogP contribution is -2.48. The Morgan fingerprint density at radius 1 is 1.21 bits per heavy atom. The number of hydrogen-bond acceptors (Lipinski definition) is 5. The molecule has 152 valence electrons. The quantitative estimate of drug-likeness (QED) is 0.735. The predicted molar refractivity (Wildman–Crippen MR) is 114 cm³/mol. The zero-order chi connectivity index (χ0) is 20.5. The van der Waals surface area contributed by atoms with E-state index in [-0.39, 0.29) is 11.7 Å². The van der Waals surface area contributed by atoms with E-state index in [2.05, 4.69) is 18.8 Å². The Balaban J connectivity index is 1.71. The molecule has 0 aliphatic carbocycles. The molecule has 1 amide bonds. The SMILES string of the molecule is Cc1ccc(-c2nc(CS(=O)(=O)[C@H](C)C(=O)N3C[C@@H](C)C[C@H](C)C3)cs2)cc1. The van der Waals surface area contributed by atoms with Gasteiger partial charge in [-0.05, 0) is 32.1 Å². The molecule has 1 aromatic heterocycles. The molecule has 1 aromatic carbocycles. The molecule has 0 saturated carbocycles. The van der Waals surface area contributed by atoms with Gasteiger partial charge in [0, 0.05) is 24.0 Å². The second kappa shape index (κ2) is 8.33. The van der Waals surface area contributed by atoms with Crippen molar-refractivity contribution in [2.24, 2.45) is 11.8 Å². The third kappa shape index (κ3) is 4.81. The van der Waals surface area contributed by atoms with Crippen LogP contribution in [0.15, 0.2) is 29.6 Å². The number of benzene rings is 1. The first-order chi connectivity index (χ1) is 13.2. The summed E-state index contributed by atoms with van der Waals surface area (Å²) in [6, 6.07) is 7.98. The number of carbonyl (C=O) groups is 1. The highest BCUT2D eigenvalue weighted by Gasteiger charge is 2.35. The van der Waals surface area contributed by atoms with Gasteiger partial charge in [0.1, 0.15) is 10.3 Å². The molecular formula is C21H28N2O3S2. The number of thiazole rings is 1. The molecule has 0 bridgehead atoms. The van der Waals surface area contributed by atoms with E-state index in [0.717, 1.165) is 22.6 Å². The van der Waals surface area contributed by atoms with Crippen molar-refractivity contribution in [3.8, 4) is 10.6 Å². The summed E-state index contributed by atoms with van der Waals surface area (Å²) < 4.78 is 25.7. The number of piperidine rings is 1. The van der Waals surface area contributed by atoms with Crippen molar-refractivity contribution < 1.29 is 13.2 Å². The van der Waals surface area contributed by atoms with Crippen LogP contribution in [0, 0.1) is 18.8 Å². The molecule has 3 atom stereocenters. The minimum Gasteiger partial charge on any atom is -0.341 e. The molecule has 1 aliphatic heterocycles. The van der Waals surface area contributed by atoms with E-state index in [0.29, 0.717) is 30.6 Å². The number of aryl methyl sites for hydroxylation is 1. The standard InChI is InChI=1S/C21H28N2O3S2/c1-14-5-7-18(8-6-14)20-22-19(12-27-20)13-28(25,26)17(4)21(24)23-10-15(2)9-16(3)11-23/h5-8,12,15-17H,9-11,13H2,1-4H3/t15-,16-,17+/m0/s1. The second-order valence-corrected chi connectivity index (χ2v) is 11.3. The molecule has 1 aliphatic rings. The van der Waals surface area contributed by atoms with E-state index in [1.165, 1.54) is 18.3 Å². The van der Waals surface area contributed by atoms with Crippen LogP contribution in [-0.4, -0.2) is 42.5 Å². The summed E-state index contributed by atoms with van der Waals surface area (Å²) in [6.45, 7) is 9.02. The molecule has 2 heterocycles. The third-order valence-corrected chi connectivity index (χ3v) is 8.18. The summed E-state index contributed by atoms with van der Waals surface area (Å²) in [7, 11) is -3.62. The van der Waals surface area contributed by atoms with Gasteiger partial charge in [-0.15, -0.1) is 11.3 Å². The van der Waals surface area contributed by atoms with E-state index in [4.69, 9.17) is 0 Å². The first kappa shape index (κ1) is 21.0. The van der Waals surface area contributed by atoms with Crippen molar-refractivity contribution in [1.82, 2.24) is 9.88 Å². The average molecular weight is 421 g/mol. The van der Waals surface area contributed by atoms with Crippen molar-refractivity contribution in [3.63, 3.8) is 0 Å². The molecular weight excluding hydrogens is 392 g/mol. The van der Waals surface area contributed by atoms with Gasteiger partial charge in [-0.3, -0.25) is 4.79 Å². The lowest BCUT2D eigenvalue weighted by atomic mass is 9.92. The number of hydrogen-bond donors (Lipinski definition) is 0. The highest BCUT2D eigenvalue weighted by Crippen LogP contribution is 2.26. The highest BCUT2D eigenvalue weighted by molar-refractivity contribution is 7.92. The van der Waals surface area contributed by atoms with Gasteiger partial charge in [0.05, 0.1) is 11.4 Å². The maximum Gasteiger partial charge on any atom is 0.240 e. The first-order valence-corrected chi connectivity index (χ1v) is 12.3. The Morgan fingerprint density at radius 3 is 2.43 bits per heavy atom. The third-order valence-electron chi connectivity index (χ3n) is 5.27. The van der Waals surface area contributed by atoms with Crippen LogP contribution in [0.25, 0.3) is 10.6 Å². The number of amides is 1. The van der Waals surface area contributed by atoms with Crippen LogP contribution in [0.1, 0.15) is 38.4 Å². The Hall–Kier alpha value is -1.73. The fraction of sp³-hybridized carbons (Fsp3) is 0.524. The normalized spacial score (nSPS) is 21.5. The number of aromatic nitrogens is 1. The summed E-state index contributed by atoms with van der Waals surface area (Å²) in [6.07, 6.45) is 1.07. The smallest absolute Gasteiger partial charge is 0.240 e. The van der Waals surface area contributed by atoms with Gasteiger partial charge in [0.2, 0.25) is 5.91 Å². The molecule has 7 heteroatoms. The fourth-order valence-electron chi connectivity index (χ4n) is 3.79. The van der Waals surface area contributed by atoms with Crippen molar-refractivity contribution in [3.05, 3.63) is 40.9 Å². The van der Waals surface area contributed by atoms with E-state index in [9.17, 15) is 13.2 Å². The molecule has 0 N–H and O–H groups in total. The van der Waals surface area contributed by atoms with Gasteiger partial charge in [0.25, 0.3) is 0 Å². The average Bonchev–Trinajstić information content (AvgIpc) is 3.08. The molecule has 2 aromatic rings. The number of nitrogens with zero attached hydrogens (tertiary/aromatic N) is 2. The number of rotatable bonds is 5. The van der Waals surface area contributed by atoms with Crippen LogP contribution in [0.4, 0.5) is 0 Å². The Morgan fingerprint density at radius 2 is 1.82 bits per heavy atom. The van der Waals surface area contributed by atoms with Gasteiger partial charge < -0.3 is 4.90 Å². The van der Waals surface area contributed by atoms with Crippen LogP contribution in [0.2, 0.25) is 0 Å². The maximum absolute atomic E-state index is 12.9. The molecule has 28 heavy (non-hydrogen) atoms. The van der Waals surface area contributed by atoms with Crippen LogP contribution >= 0.6 is 11.3 Å². The Kier molecular flexibility index (Phi) is 6.25. The van der Waals surface area contributed by atoms with Crippen molar-refractivity contribution >= 4 is 27.1 Å². The maximum atomic E-state index is 12.9. The zero-order valence-electron chi connectivity index (χ0n) is 16.9. The summed E-state index contributed by atoms with van der Waals surface area (Å²) in [5, 5.41) is 1.52. The number of sulfone groups is 1. The Bertz CT molecular complexity index is 925. The van der Waals surface area contributed by atoms with E-state index in [1.54, 1.807) is 10.3 Å². The summed E-state index contributed by atoms with van der Waals surface area (Å²) >= 11 is 1.43. The molecule has 1 fully saturated rings. The van der Waals surface area contributed by atoms with Gasteiger partial charge in [-0.2, -0.15) is 0 Å². The zero-order valence-corrected chi connectivity index (χ0v) is 18.5. The monoisotopic (exact) mass is 420 g/mol. The summed E-state index contributed by atoms with van der Waals surface area (Å²) in [4.78, 5) is 19.0. The molecule has 3 rings (SSSR count). The summed E-state index contributed by atoms with van der Waals surface area (Å²) in [5.41, 5.74) is 2.64. The number of carbonyl (C=O) groups excluding carboxylic acids is 1. The summed E-state index contributed by atoms with van der Waals surface area (Å²) in [5.74, 6) is 0.310.